The van der Waals surface area contributed by atoms with Gasteiger partial charge in [0.15, 0.2) is 0 Å². The highest BCUT2D eigenvalue weighted by molar-refractivity contribution is 5.78. The number of anilines is 1. The molecule has 0 saturated carbocycles. The molecule has 0 heterocycles. The van der Waals surface area contributed by atoms with Crippen molar-refractivity contribution >= 4 is 12.0 Å². The molecule has 0 aliphatic carbocycles. The number of hydrogen-bond acceptors (Lipinski definition) is 3. The first-order chi connectivity index (χ1) is 9.19. The minimum Gasteiger partial charge on any atom is -0.508 e. The monoisotopic (exact) mass is 257 g/mol. The SMILES string of the molecule is CCNc1ccccc1.Cc1c(O)cccc1C=O. The Bertz CT molecular complexity index is 509. The maximum Gasteiger partial charge on any atom is 0.150 e. The highest BCUT2D eigenvalue weighted by Gasteiger charge is 1.98. The van der Waals surface area contributed by atoms with Crippen LogP contribution in [0.1, 0.15) is 22.8 Å². The normalized spacial score (nSPS) is 9.16. The number of phenols is 1. The Kier molecular flexibility index (Phi) is 6.16. The molecule has 0 bridgehead atoms. The van der Waals surface area contributed by atoms with E-state index in [0.29, 0.717) is 11.1 Å². The van der Waals surface area contributed by atoms with Gasteiger partial charge in [-0.3, -0.25) is 4.79 Å². The molecule has 0 fully saturated rings. The zero-order chi connectivity index (χ0) is 14.1. The average Bonchev–Trinajstić information content (AvgIpc) is 2.44. The summed E-state index contributed by atoms with van der Waals surface area (Å²) < 4.78 is 0. The van der Waals surface area contributed by atoms with Crippen molar-refractivity contribution < 1.29 is 9.90 Å². The molecule has 2 aromatic carbocycles. The summed E-state index contributed by atoms with van der Waals surface area (Å²) in [5, 5.41) is 12.3. The Morgan fingerprint density at radius 2 is 1.79 bits per heavy atom. The lowest BCUT2D eigenvalue weighted by Gasteiger charge is -1.99. The molecular formula is C16H19NO2. The maximum absolute atomic E-state index is 10.3. The fourth-order valence-electron chi connectivity index (χ4n) is 1.53. The van der Waals surface area contributed by atoms with Crippen molar-refractivity contribution in [3.63, 3.8) is 0 Å². The van der Waals surface area contributed by atoms with Crippen molar-refractivity contribution in [3.8, 4) is 5.75 Å². The zero-order valence-corrected chi connectivity index (χ0v) is 11.3. The topological polar surface area (TPSA) is 49.3 Å². The van der Waals surface area contributed by atoms with Gasteiger partial charge in [0, 0.05) is 23.4 Å². The Balaban J connectivity index is 0.000000191. The van der Waals surface area contributed by atoms with Crippen LogP contribution in [-0.2, 0) is 0 Å². The van der Waals surface area contributed by atoms with Crippen molar-refractivity contribution in [3.05, 3.63) is 59.7 Å². The third-order valence-corrected chi connectivity index (χ3v) is 2.63. The minimum atomic E-state index is 0.171. The second-order valence-corrected chi connectivity index (χ2v) is 4.01. The smallest absolute Gasteiger partial charge is 0.150 e. The number of rotatable bonds is 3. The number of para-hydroxylation sites is 1. The van der Waals surface area contributed by atoms with Gasteiger partial charge >= 0.3 is 0 Å². The van der Waals surface area contributed by atoms with Crippen LogP contribution >= 0.6 is 0 Å². The second-order valence-electron chi connectivity index (χ2n) is 4.01. The lowest BCUT2D eigenvalue weighted by Crippen LogP contribution is -1.94. The lowest BCUT2D eigenvalue weighted by molar-refractivity contribution is 0.112. The van der Waals surface area contributed by atoms with E-state index in [4.69, 9.17) is 5.11 Å². The van der Waals surface area contributed by atoms with E-state index in [2.05, 4.69) is 24.4 Å². The number of aromatic hydroxyl groups is 1. The molecule has 0 unspecified atom stereocenters. The second kappa shape index (κ2) is 7.93. The van der Waals surface area contributed by atoms with Crippen molar-refractivity contribution in [2.75, 3.05) is 11.9 Å². The van der Waals surface area contributed by atoms with Crippen LogP contribution in [0.4, 0.5) is 5.69 Å². The molecule has 0 atom stereocenters. The highest BCUT2D eigenvalue weighted by atomic mass is 16.3. The number of carbonyl (C=O) groups is 1. The van der Waals surface area contributed by atoms with Crippen molar-refractivity contribution in [1.82, 2.24) is 0 Å². The van der Waals surface area contributed by atoms with Gasteiger partial charge in [-0.05, 0) is 32.0 Å². The first-order valence-electron chi connectivity index (χ1n) is 6.21. The molecule has 0 amide bonds. The van der Waals surface area contributed by atoms with E-state index in [1.807, 2.05) is 18.2 Å². The van der Waals surface area contributed by atoms with Crippen LogP contribution in [0, 0.1) is 6.92 Å². The molecule has 2 aromatic rings. The fraction of sp³-hybridized carbons (Fsp3) is 0.188. The summed E-state index contributed by atoms with van der Waals surface area (Å²) >= 11 is 0. The van der Waals surface area contributed by atoms with Gasteiger partial charge in [-0.25, -0.2) is 0 Å². The van der Waals surface area contributed by atoms with E-state index < -0.39 is 0 Å². The van der Waals surface area contributed by atoms with Gasteiger partial charge in [0.05, 0.1) is 0 Å². The Hall–Kier alpha value is -2.29. The largest absolute Gasteiger partial charge is 0.508 e. The molecule has 0 aromatic heterocycles. The predicted molar refractivity (Wildman–Crippen MR) is 78.8 cm³/mol. The number of benzene rings is 2. The van der Waals surface area contributed by atoms with Crippen LogP contribution in [0.25, 0.3) is 0 Å². The fourth-order valence-corrected chi connectivity index (χ4v) is 1.53. The lowest BCUT2D eigenvalue weighted by atomic mass is 10.1. The molecule has 2 N–H and O–H groups in total. The van der Waals surface area contributed by atoms with Crippen LogP contribution in [0.15, 0.2) is 48.5 Å². The molecule has 0 aliphatic rings. The van der Waals surface area contributed by atoms with E-state index in [9.17, 15) is 4.79 Å². The van der Waals surface area contributed by atoms with E-state index in [1.54, 1.807) is 25.1 Å². The first kappa shape index (κ1) is 14.8. The third-order valence-electron chi connectivity index (χ3n) is 2.63. The van der Waals surface area contributed by atoms with Crippen LogP contribution < -0.4 is 5.32 Å². The molecular weight excluding hydrogens is 238 g/mol. The summed E-state index contributed by atoms with van der Waals surface area (Å²) in [4.78, 5) is 10.3. The Morgan fingerprint density at radius 3 is 2.32 bits per heavy atom. The maximum atomic E-state index is 10.3. The van der Waals surface area contributed by atoms with Gasteiger partial charge in [-0.15, -0.1) is 0 Å². The average molecular weight is 257 g/mol. The van der Waals surface area contributed by atoms with Crippen LogP contribution in [0.2, 0.25) is 0 Å². The Labute approximate surface area is 113 Å². The van der Waals surface area contributed by atoms with E-state index in [0.717, 1.165) is 12.8 Å². The third kappa shape index (κ3) is 4.84. The Morgan fingerprint density at radius 1 is 1.11 bits per heavy atom. The minimum absolute atomic E-state index is 0.171. The van der Waals surface area contributed by atoms with Crippen LogP contribution in [0.5, 0.6) is 5.75 Å². The zero-order valence-electron chi connectivity index (χ0n) is 11.3. The van der Waals surface area contributed by atoms with Crippen molar-refractivity contribution in [2.45, 2.75) is 13.8 Å². The number of phenolic OH excluding ortho intramolecular Hbond substituents is 1. The number of nitrogens with one attached hydrogen (secondary N) is 1. The molecule has 3 heteroatoms. The van der Waals surface area contributed by atoms with Gasteiger partial charge in [-0.2, -0.15) is 0 Å². The molecule has 100 valence electrons. The van der Waals surface area contributed by atoms with Crippen LogP contribution in [0.3, 0.4) is 0 Å². The summed E-state index contributed by atoms with van der Waals surface area (Å²) in [6.07, 6.45) is 0.731. The summed E-state index contributed by atoms with van der Waals surface area (Å²) in [5.74, 6) is 0.171. The summed E-state index contributed by atoms with van der Waals surface area (Å²) in [6, 6.07) is 15.1. The molecule has 19 heavy (non-hydrogen) atoms. The molecule has 2 rings (SSSR count). The summed E-state index contributed by atoms with van der Waals surface area (Å²) in [5.41, 5.74) is 2.37. The summed E-state index contributed by atoms with van der Waals surface area (Å²) in [6.45, 7) is 4.79. The number of hydrogen-bond donors (Lipinski definition) is 2. The standard InChI is InChI=1S/C8H11N.C8H8O2/c1-2-9-8-6-4-3-5-7-8;1-6-7(5-9)3-2-4-8(6)10/h3-7,9H,2H2,1H3;2-5,10H,1H3. The van der Waals surface area contributed by atoms with Gasteiger partial charge in [-0.1, -0.05) is 30.3 Å². The molecule has 0 spiro atoms. The summed E-state index contributed by atoms with van der Waals surface area (Å²) in [7, 11) is 0. The van der Waals surface area contributed by atoms with E-state index in [1.165, 1.54) is 5.69 Å². The number of aldehydes is 1. The number of carbonyl (C=O) groups excluding carboxylic acids is 1. The van der Waals surface area contributed by atoms with Gasteiger partial charge in [0.1, 0.15) is 12.0 Å². The van der Waals surface area contributed by atoms with Crippen molar-refractivity contribution in [1.29, 1.82) is 0 Å². The highest BCUT2D eigenvalue weighted by Crippen LogP contribution is 2.17. The molecule has 0 radical (unpaired) electrons. The molecule has 0 saturated heterocycles. The van der Waals surface area contributed by atoms with E-state index >= 15 is 0 Å². The quantitative estimate of drug-likeness (QED) is 0.825. The first-order valence-corrected chi connectivity index (χ1v) is 6.21. The van der Waals surface area contributed by atoms with Gasteiger partial charge < -0.3 is 10.4 Å². The van der Waals surface area contributed by atoms with Gasteiger partial charge in [0.25, 0.3) is 0 Å². The van der Waals surface area contributed by atoms with Gasteiger partial charge in [0.2, 0.25) is 0 Å². The predicted octanol–water partition coefficient (Wildman–Crippen LogP) is 3.63. The van der Waals surface area contributed by atoms with Crippen molar-refractivity contribution in [2.24, 2.45) is 0 Å². The van der Waals surface area contributed by atoms with E-state index in [-0.39, 0.29) is 5.75 Å². The van der Waals surface area contributed by atoms with Crippen LogP contribution in [-0.4, -0.2) is 17.9 Å². The molecule has 3 nitrogen and oxygen atoms in total. The molecule has 0 aliphatic heterocycles.